The van der Waals surface area contributed by atoms with Gasteiger partial charge in [-0.05, 0) is 38.8 Å². The summed E-state index contributed by atoms with van der Waals surface area (Å²) < 4.78 is 5.10. The van der Waals surface area contributed by atoms with Crippen LogP contribution in [0.5, 0.6) is 0 Å². The zero-order chi connectivity index (χ0) is 16.8. The Labute approximate surface area is 129 Å². The second-order valence-electron chi connectivity index (χ2n) is 5.69. The van der Waals surface area contributed by atoms with Gasteiger partial charge in [-0.25, -0.2) is 4.79 Å². The highest BCUT2D eigenvalue weighted by atomic mass is 16.6. The van der Waals surface area contributed by atoms with E-state index in [4.69, 9.17) is 10.5 Å². The zero-order valence-electron chi connectivity index (χ0n) is 13.0. The molecule has 1 amide bonds. The summed E-state index contributed by atoms with van der Waals surface area (Å²) in [7, 11) is 0. The number of carbonyl (C=O) groups excluding carboxylic acids is 1. The summed E-state index contributed by atoms with van der Waals surface area (Å²) in [4.78, 5) is 21.5. The number of nitro benzene ring substituents is 1. The van der Waals surface area contributed by atoms with Gasteiger partial charge < -0.3 is 15.8 Å². The first-order valence-electron chi connectivity index (χ1n) is 6.86. The minimum Gasteiger partial charge on any atom is -0.444 e. The van der Waals surface area contributed by atoms with Crippen LogP contribution < -0.4 is 11.1 Å². The van der Waals surface area contributed by atoms with E-state index in [1.165, 1.54) is 12.1 Å². The van der Waals surface area contributed by atoms with Crippen LogP contribution in [0.3, 0.4) is 0 Å². The summed E-state index contributed by atoms with van der Waals surface area (Å²) in [5.74, 6) is 0. The van der Waals surface area contributed by atoms with Gasteiger partial charge in [0.1, 0.15) is 5.60 Å². The molecular formula is C15H21N3O4. The Bertz CT molecular complexity index is 577. The van der Waals surface area contributed by atoms with Crippen LogP contribution in [0.15, 0.2) is 24.3 Å². The summed E-state index contributed by atoms with van der Waals surface area (Å²) >= 11 is 0. The lowest BCUT2D eigenvalue weighted by Crippen LogP contribution is -2.32. The summed E-state index contributed by atoms with van der Waals surface area (Å²) in [5.41, 5.74) is 6.22. The zero-order valence-corrected chi connectivity index (χ0v) is 13.0. The topological polar surface area (TPSA) is 107 Å². The maximum Gasteiger partial charge on any atom is 0.407 e. The third-order valence-corrected chi connectivity index (χ3v) is 2.56. The lowest BCUT2D eigenvalue weighted by molar-refractivity contribution is -0.384. The first kappa shape index (κ1) is 17.5. The first-order chi connectivity index (χ1) is 10.2. The Hall–Kier alpha value is -2.57. The molecule has 0 fully saturated rings. The highest BCUT2D eigenvalue weighted by Crippen LogP contribution is 2.20. The van der Waals surface area contributed by atoms with Crippen molar-refractivity contribution in [2.75, 3.05) is 12.3 Å². The van der Waals surface area contributed by atoms with Crippen LogP contribution in [0.25, 0.3) is 6.08 Å². The average molecular weight is 307 g/mol. The second-order valence-corrected chi connectivity index (χ2v) is 5.69. The number of nitrogen functional groups attached to an aromatic ring is 1. The molecule has 7 heteroatoms. The molecule has 0 atom stereocenters. The maximum atomic E-state index is 11.4. The molecule has 120 valence electrons. The van der Waals surface area contributed by atoms with Crippen molar-refractivity contribution in [2.24, 2.45) is 0 Å². The Morgan fingerprint density at radius 3 is 2.68 bits per heavy atom. The number of nitrogens with zero attached hydrogens (tertiary/aromatic N) is 1. The molecule has 0 bridgehead atoms. The second kappa shape index (κ2) is 7.44. The molecule has 22 heavy (non-hydrogen) atoms. The van der Waals surface area contributed by atoms with Gasteiger partial charge in [-0.3, -0.25) is 10.1 Å². The summed E-state index contributed by atoms with van der Waals surface area (Å²) in [6, 6.07) is 4.30. The van der Waals surface area contributed by atoms with Crippen LogP contribution in [0, 0.1) is 10.1 Å². The van der Waals surface area contributed by atoms with Crippen LogP contribution in [0.4, 0.5) is 16.2 Å². The van der Waals surface area contributed by atoms with E-state index in [0.29, 0.717) is 24.2 Å². The molecule has 0 saturated heterocycles. The van der Waals surface area contributed by atoms with Crippen molar-refractivity contribution in [1.29, 1.82) is 0 Å². The van der Waals surface area contributed by atoms with E-state index in [1.807, 2.05) is 6.08 Å². The number of alkyl carbamates (subject to hydrolysis) is 1. The van der Waals surface area contributed by atoms with E-state index in [1.54, 1.807) is 32.9 Å². The fourth-order valence-corrected chi connectivity index (χ4v) is 1.61. The van der Waals surface area contributed by atoms with E-state index >= 15 is 0 Å². The molecule has 1 rings (SSSR count). The summed E-state index contributed by atoms with van der Waals surface area (Å²) in [6.07, 6.45) is 3.72. The van der Waals surface area contributed by atoms with Crippen molar-refractivity contribution in [3.05, 3.63) is 40.0 Å². The number of hydrogen-bond acceptors (Lipinski definition) is 5. The molecule has 0 heterocycles. The van der Waals surface area contributed by atoms with Gasteiger partial charge in [0.05, 0.1) is 4.92 Å². The minimum absolute atomic E-state index is 0.0405. The van der Waals surface area contributed by atoms with E-state index in [0.717, 1.165) is 0 Å². The molecule has 1 aromatic rings. The van der Waals surface area contributed by atoms with Gasteiger partial charge in [-0.1, -0.05) is 12.2 Å². The fraction of sp³-hybridized carbons (Fsp3) is 0.400. The monoisotopic (exact) mass is 307 g/mol. The molecule has 1 aromatic carbocycles. The van der Waals surface area contributed by atoms with Crippen LogP contribution in [0.2, 0.25) is 0 Å². The largest absolute Gasteiger partial charge is 0.444 e. The number of ether oxygens (including phenoxy) is 1. The van der Waals surface area contributed by atoms with Crippen molar-refractivity contribution in [3.8, 4) is 0 Å². The maximum absolute atomic E-state index is 11.4. The van der Waals surface area contributed by atoms with Gasteiger partial charge in [0.25, 0.3) is 5.69 Å². The number of rotatable bonds is 5. The molecule has 0 aliphatic rings. The number of nitrogens with one attached hydrogen (secondary N) is 1. The summed E-state index contributed by atoms with van der Waals surface area (Å²) in [5, 5.41) is 13.2. The number of non-ortho nitro benzene ring substituents is 1. The van der Waals surface area contributed by atoms with E-state index in [2.05, 4.69) is 5.32 Å². The van der Waals surface area contributed by atoms with E-state index in [-0.39, 0.29) is 5.69 Å². The standard InChI is InChI=1S/C15H21N3O4/c1-15(2,3)22-14(19)17-9-5-4-6-11-7-8-12(18(20)21)10-13(11)16/h4,6-8,10H,5,9,16H2,1-3H3,(H,17,19). The number of nitrogens with two attached hydrogens (primary N) is 1. The smallest absolute Gasteiger partial charge is 0.407 e. The third kappa shape index (κ3) is 6.25. The van der Waals surface area contributed by atoms with Crippen molar-refractivity contribution < 1.29 is 14.5 Å². The number of nitro groups is 1. The van der Waals surface area contributed by atoms with Crippen LogP contribution in [0.1, 0.15) is 32.8 Å². The van der Waals surface area contributed by atoms with Crippen LogP contribution in [-0.2, 0) is 4.74 Å². The molecule has 0 spiro atoms. The third-order valence-electron chi connectivity index (χ3n) is 2.56. The number of carbonyl (C=O) groups is 1. The number of hydrogen-bond donors (Lipinski definition) is 2. The number of anilines is 1. The molecule has 0 aliphatic carbocycles. The Morgan fingerprint density at radius 1 is 1.45 bits per heavy atom. The van der Waals surface area contributed by atoms with Crippen molar-refractivity contribution >= 4 is 23.5 Å². The Morgan fingerprint density at radius 2 is 2.14 bits per heavy atom. The molecule has 0 saturated carbocycles. The predicted octanol–water partition coefficient (Wildman–Crippen LogP) is 3.11. The molecule has 0 aromatic heterocycles. The molecule has 0 radical (unpaired) electrons. The van der Waals surface area contributed by atoms with Gasteiger partial charge in [-0.2, -0.15) is 0 Å². The van der Waals surface area contributed by atoms with Crippen molar-refractivity contribution in [2.45, 2.75) is 32.8 Å². The van der Waals surface area contributed by atoms with Crippen molar-refractivity contribution in [3.63, 3.8) is 0 Å². The fourth-order valence-electron chi connectivity index (χ4n) is 1.61. The van der Waals surface area contributed by atoms with Crippen LogP contribution in [-0.4, -0.2) is 23.2 Å². The van der Waals surface area contributed by atoms with E-state index in [9.17, 15) is 14.9 Å². The summed E-state index contributed by atoms with van der Waals surface area (Å²) in [6.45, 7) is 5.82. The van der Waals surface area contributed by atoms with Gasteiger partial charge in [0, 0.05) is 24.4 Å². The van der Waals surface area contributed by atoms with Gasteiger partial charge in [0.2, 0.25) is 0 Å². The number of benzene rings is 1. The Kier molecular flexibility index (Phi) is 5.91. The highest BCUT2D eigenvalue weighted by Gasteiger charge is 2.15. The minimum atomic E-state index is -0.521. The van der Waals surface area contributed by atoms with Gasteiger partial charge in [-0.15, -0.1) is 0 Å². The highest BCUT2D eigenvalue weighted by molar-refractivity contribution is 5.68. The first-order valence-corrected chi connectivity index (χ1v) is 6.86. The molecule has 0 aliphatic heterocycles. The molecule has 3 N–H and O–H groups in total. The molecular weight excluding hydrogens is 286 g/mol. The predicted molar refractivity (Wildman–Crippen MR) is 85.4 cm³/mol. The van der Waals surface area contributed by atoms with E-state index < -0.39 is 16.6 Å². The van der Waals surface area contributed by atoms with Crippen molar-refractivity contribution in [1.82, 2.24) is 5.32 Å². The SMILES string of the molecule is CC(C)(C)OC(=O)NCCC=Cc1ccc([N+](=O)[O-])cc1N. The quantitative estimate of drug-likeness (QED) is 0.376. The molecule has 0 unspecified atom stereocenters. The van der Waals surface area contributed by atoms with Crippen LogP contribution >= 0.6 is 0 Å². The Balaban J connectivity index is 2.44. The molecule has 7 nitrogen and oxygen atoms in total. The lowest BCUT2D eigenvalue weighted by atomic mass is 10.1. The number of amides is 1. The normalized spacial score (nSPS) is 11.4. The average Bonchev–Trinajstić information content (AvgIpc) is 2.37. The lowest BCUT2D eigenvalue weighted by Gasteiger charge is -2.19. The van der Waals surface area contributed by atoms with Gasteiger partial charge in [0.15, 0.2) is 0 Å². The van der Waals surface area contributed by atoms with Gasteiger partial charge >= 0.3 is 6.09 Å².